The number of benzene rings is 1. The molecule has 0 aliphatic carbocycles. The van der Waals surface area contributed by atoms with Gasteiger partial charge in [-0.25, -0.2) is 4.79 Å². The molecule has 1 rings (SSSR count). The fourth-order valence-electron chi connectivity index (χ4n) is 1.68. The zero-order chi connectivity index (χ0) is 13.5. The van der Waals surface area contributed by atoms with Crippen LogP contribution in [0.3, 0.4) is 0 Å². The Kier molecular flexibility index (Phi) is 5.85. The number of carboxylic acids is 1. The third kappa shape index (κ3) is 4.14. The summed E-state index contributed by atoms with van der Waals surface area (Å²) in [5.41, 5.74) is 7.86. The third-order valence-electron chi connectivity index (χ3n) is 2.72. The molecule has 0 aromatic heterocycles. The standard InChI is InChI=1S/C13H20N2O2S/c1-9-7-10(15-5-3-4-6-18-2)8-11(12(9)14)13(16)17/h7-8,15H,3-6,14H2,1-2H3,(H,16,17). The Morgan fingerprint density at radius 3 is 2.78 bits per heavy atom. The van der Waals surface area contributed by atoms with Crippen LogP contribution < -0.4 is 11.1 Å². The van der Waals surface area contributed by atoms with Gasteiger partial charge in [0.25, 0.3) is 0 Å². The van der Waals surface area contributed by atoms with Crippen LogP contribution in [0.5, 0.6) is 0 Å². The maximum atomic E-state index is 11.0. The molecule has 0 heterocycles. The van der Waals surface area contributed by atoms with E-state index in [4.69, 9.17) is 10.8 Å². The van der Waals surface area contributed by atoms with E-state index in [-0.39, 0.29) is 5.56 Å². The van der Waals surface area contributed by atoms with Gasteiger partial charge < -0.3 is 16.2 Å². The van der Waals surface area contributed by atoms with Gasteiger partial charge in [0.05, 0.1) is 5.56 Å². The van der Waals surface area contributed by atoms with Crippen LogP contribution in [0.15, 0.2) is 12.1 Å². The van der Waals surface area contributed by atoms with E-state index in [0.29, 0.717) is 5.69 Å². The molecule has 1 aromatic carbocycles. The number of aryl methyl sites for hydroxylation is 1. The zero-order valence-electron chi connectivity index (χ0n) is 10.8. The Hall–Kier alpha value is -1.36. The second kappa shape index (κ2) is 7.16. The summed E-state index contributed by atoms with van der Waals surface area (Å²) in [6, 6.07) is 3.48. The van der Waals surface area contributed by atoms with Crippen LogP contribution in [-0.4, -0.2) is 29.6 Å². The summed E-state index contributed by atoms with van der Waals surface area (Å²) < 4.78 is 0. The summed E-state index contributed by atoms with van der Waals surface area (Å²) in [6.07, 6.45) is 4.33. The van der Waals surface area contributed by atoms with E-state index < -0.39 is 5.97 Å². The van der Waals surface area contributed by atoms with Gasteiger partial charge in [-0.1, -0.05) is 0 Å². The average molecular weight is 268 g/mol. The van der Waals surface area contributed by atoms with Crippen molar-refractivity contribution in [3.05, 3.63) is 23.3 Å². The smallest absolute Gasteiger partial charge is 0.337 e. The molecule has 0 spiro atoms. The first-order valence-corrected chi connectivity index (χ1v) is 7.32. The summed E-state index contributed by atoms with van der Waals surface area (Å²) in [4.78, 5) is 11.0. The topological polar surface area (TPSA) is 75.3 Å². The molecule has 5 heteroatoms. The van der Waals surface area contributed by atoms with E-state index in [2.05, 4.69) is 11.6 Å². The molecule has 0 unspecified atom stereocenters. The SMILES string of the molecule is CSCCCCNc1cc(C)c(N)c(C(=O)O)c1. The van der Waals surface area contributed by atoms with Gasteiger partial charge in [-0.05, 0) is 49.5 Å². The molecule has 0 radical (unpaired) electrons. The molecule has 0 fully saturated rings. The highest BCUT2D eigenvalue weighted by Crippen LogP contribution is 2.22. The van der Waals surface area contributed by atoms with Crippen molar-refractivity contribution in [3.8, 4) is 0 Å². The van der Waals surface area contributed by atoms with Crippen LogP contribution >= 0.6 is 11.8 Å². The molecular formula is C13H20N2O2S. The molecular weight excluding hydrogens is 248 g/mol. The number of thioether (sulfide) groups is 1. The fourth-order valence-corrected chi connectivity index (χ4v) is 2.17. The van der Waals surface area contributed by atoms with Crippen LogP contribution in [-0.2, 0) is 0 Å². The van der Waals surface area contributed by atoms with Gasteiger partial charge in [-0.3, -0.25) is 0 Å². The van der Waals surface area contributed by atoms with Crippen LogP contribution in [0.1, 0.15) is 28.8 Å². The minimum Gasteiger partial charge on any atom is -0.478 e. The van der Waals surface area contributed by atoms with Crippen LogP contribution in [0.25, 0.3) is 0 Å². The number of aromatic carboxylic acids is 1. The Bertz CT molecular complexity index is 422. The number of rotatable bonds is 7. The van der Waals surface area contributed by atoms with Gasteiger partial charge in [-0.15, -0.1) is 0 Å². The molecule has 0 amide bonds. The van der Waals surface area contributed by atoms with E-state index >= 15 is 0 Å². The number of hydrogen-bond acceptors (Lipinski definition) is 4. The Morgan fingerprint density at radius 1 is 1.44 bits per heavy atom. The van der Waals surface area contributed by atoms with Gasteiger partial charge in [0.1, 0.15) is 0 Å². The van der Waals surface area contributed by atoms with E-state index in [1.54, 1.807) is 6.07 Å². The number of anilines is 2. The predicted octanol–water partition coefficient (Wildman–Crippen LogP) is 2.83. The van der Waals surface area contributed by atoms with E-state index in [9.17, 15) is 4.79 Å². The highest BCUT2D eigenvalue weighted by Gasteiger charge is 2.11. The van der Waals surface area contributed by atoms with Gasteiger partial charge in [0, 0.05) is 17.9 Å². The molecule has 0 saturated heterocycles. The third-order valence-corrected chi connectivity index (χ3v) is 3.42. The lowest BCUT2D eigenvalue weighted by Crippen LogP contribution is -2.08. The monoisotopic (exact) mass is 268 g/mol. The fraction of sp³-hybridized carbons (Fsp3) is 0.462. The van der Waals surface area contributed by atoms with Crippen molar-refractivity contribution in [2.24, 2.45) is 0 Å². The lowest BCUT2D eigenvalue weighted by atomic mass is 10.1. The number of hydrogen-bond donors (Lipinski definition) is 3. The van der Waals surface area contributed by atoms with Gasteiger partial charge in [0.15, 0.2) is 0 Å². The maximum Gasteiger partial charge on any atom is 0.337 e. The van der Waals surface area contributed by atoms with Crippen LogP contribution in [0.2, 0.25) is 0 Å². The molecule has 1 aromatic rings. The van der Waals surface area contributed by atoms with E-state index in [1.165, 1.54) is 0 Å². The number of nitrogen functional groups attached to an aromatic ring is 1. The Balaban J connectivity index is 2.64. The number of nitrogens with one attached hydrogen (secondary N) is 1. The highest BCUT2D eigenvalue weighted by atomic mass is 32.2. The second-order valence-corrected chi connectivity index (χ2v) is 5.17. The molecule has 0 bridgehead atoms. The first kappa shape index (κ1) is 14.7. The molecule has 0 atom stereocenters. The van der Waals surface area contributed by atoms with Crippen molar-refractivity contribution in [2.45, 2.75) is 19.8 Å². The van der Waals surface area contributed by atoms with Crippen molar-refractivity contribution in [1.29, 1.82) is 0 Å². The minimum atomic E-state index is -0.985. The Morgan fingerprint density at radius 2 is 2.17 bits per heavy atom. The van der Waals surface area contributed by atoms with Crippen LogP contribution in [0.4, 0.5) is 11.4 Å². The van der Waals surface area contributed by atoms with Crippen molar-refractivity contribution in [2.75, 3.05) is 29.6 Å². The summed E-state index contributed by atoms with van der Waals surface area (Å²) in [5.74, 6) is 0.171. The van der Waals surface area contributed by atoms with Crippen molar-refractivity contribution >= 4 is 29.1 Å². The Labute approximate surface area is 112 Å². The largest absolute Gasteiger partial charge is 0.478 e. The van der Waals surface area contributed by atoms with Gasteiger partial charge in [-0.2, -0.15) is 11.8 Å². The number of nitrogens with two attached hydrogens (primary N) is 1. The summed E-state index contributed by atoms with van der Waals surface area (Å²) in [7, 11) is 0. The zero-order valence-corrected chi connectivity index (χ0v) is 11.6. The molecule has 100 valence electrons. The lowest BCUT2D eigenvalue weighted by Gasteiger charge is -2.11. The molecule has 4 nitrogen and oxygen atoms in total. The van der Waals surface area contributed by atoms with Gasteiger partial charge in [0.2, 0.25) is 0 Å². The number of carboxylic acid groups (broad SMARTS) is 1. The minimum absolute atomic E-state index is 0.168. The van der Waals surface area contributed by atoms with Crippen molar-refractivity contribution < 1.29 is 9.90 Å². The molecule has 0 aliphatic rings. The second-order valence-electron chi connectivity index (χ2n) is 4.19. The summed E-state index contributed by atoms with van der Waals surface area (Å²) >= 11 is 1.84. The van der Waals surface area contributed by atoms with Crippen molar-refractivity contribution in [3.63, 3.8) is 0 Å². The van der Waals surface area contributed by atoms with E-state index in [0.717, 1.165) is 36.4 Å². The first-order chi connectivity index (χ1) is 8.56. The number of unbranched alkanes of at least 4 members (excludes halogenated alkanes) is 1. The van der Waals surface area contributed by atoms with Crippen molar-refractivity contribution in [1.82, 2.24) is 0 Å². The van der Waals surface area contributed by atoms with Gasteiger partial charge >= 0.3 is 5.97 Å². The molecule has 18 heavy (non-hydrogen) atoms. The highest BCUT2D eigenvalue weighted by molar-refractivity contribution is 7.98. The maximum absolute atomic E-state index is 11.0. The lowest BCUT2D eigenvalue weighted by molar-refractivity contribution is 0.0698. The normalized spacial score (nSPS) is 10.3. The average Bonchev–Trinajstić information content (AvgIpc) is 2.32. The molecule has 4 N–H and O–H groups in total. The van der Waals surface area contributed by atoms with Crippen LogP contribution in [0, 0.1) is 6.92 Å². The molecule has 0 saturated carbocycles. The quantitative estimate of drug-likeness (QED) is 0.523. The summed E-state index contributed by atoms with van der Waals surface area (Å²) in [5, 5.41) is 12.3. The van der Waals surface area contributed by atoms with E-state index in [1.807, 2.05) is 24.8 Å². The molecule has 0 aliphatic heterocycles. The predicted molar refractivity (Wildman–Crippen MR) is 78.7 cm³/mol. The first-order valence-electron chi connectivity index (χ1n) is 5.92. The summed E-state index contributed by atoms with van der Waals surface area (Å²) in [6.45, 7) is 2.67. The number of carbonyl (C=O) groups is 1.